The Morgan fingerprint density at radius 2 is 1.57 bits per heavy atom. The lowest BCUT2D eigenvalue weighted by atomic mass is 9.88. The summed E-state index contributed by atoms with van der Waals surface area (Å²) in [4.78, 5) is 24.0. The third kappa shape index (κ3) is 5.10. The summed E-state index contributed by atoms with van der Waals surface area (Å²) in [5, 5.41) is 2.83. The van der Waals surface area contributed by atoms with Crippen molar-refractivity contribution in [1.82, 2.24) is 5.32 Å². The monoisotopic (exact) mass is 377 g/mol. The summed E-state index contributed by atoms with van der Waals surface area (Å²) in [6.45, 7) is 1.84. The zero-order valence-electron chi connectivity index (χ0n) is 15.8. The molecule has 1 N–H and O–H groups in total. The van der Waals surface area contributed by atoms with Crippen LogP contribution in [0.25, 0.3) is 0 Å². The predicted octanol–water partition coefficient (Wildman–Crippen LogP) is 4.08. The third-order valence-electron chi connectivity index (χ3n) is 4.57. The van der Waals surface area contributed by atoms with Crippen molar-refractivity contribution >= 4 is 11.9 Å². The highest BCUT2D eigenvalue weighted by Gasteiger charge is 2.16. The number of nitrogens with one attached hydrogen (secondary N) is 1. The second-order valence-corrected chi connectivity index (χ2v) is 6.48. The Morgan fingerprint density at radius 1 is 0.964 bits per heavy atom. The van der Waals surface area contributed by atoms with Crippen LogP contribution in [0, 0.1) is 6.92 Å². The minimum atomic E-state index is -0.562. The molecule has 0 aliphatic carbocycles. The molecule has 1 heterocycles. The fourth-order valence-electron chi connectivity index (χ4n) is 3.11. The Hall–Kier alpha value is -3.34. The van der Waals surface area contributed by atoms with Gasteiger partial charge in [0.2, 0.25) is 0 Å². The molecule has 1 aromatic heterocycles. The molecule has 0 aliphatic rings. The van der Waals surface area contributed by atoms with Crippen LogP contribution in [-0.2, 0) is 9.53 Å². The SMILES string of the molecule is Cc1occc1C(=O)OCC(=O)NCCC(c1ccccc1)c1ccccc1. The summed E-state index contributed by atoms with van der Waals surface area (Å²) in [6.07, 6.45) is 2.16. The van der Waals surface area contributed by atoms with E-state index in [-0.39, 0.29) is 18.4 Å². The molecule has 0 saturated carbocycles. The van der Waals surface area contributed by atoms with Crippen molar-refractivity contribution in [2.45, 2.75) is 19.3 Å². The molecule has 0 fully saturated rings. The van der Waals surface area contributed by atoms with Crippen LogP contribution < -0.4 is 5.32 Å². The van der Waals surface area contributed by atoms with Crippen molar-refractivity contribution in [3.8, 4) is 0 Å². The maximum absolute atomic E-state index is 12.0. The lowest BCUT2D eigenvalue weighted by molar-refractivity contribution is -0.124. The summed E-state index contributed by atoms with van der Waals surface area (Å²) in [5.41, 5.74) is 2.73. The average molecular weight is 377 g/mol. The normalized spacial score (nSPS) is 10.6. The van der Waals surface area contributed by atoms with E-state index in [1.165, 1.54) is 23.5 Å². The molecular weight excluding hydrogens is 354 g/mol. The lowest BCUT2D eigenvalue weighted by Gasteiger charge is -2.18. The van der Waals surface area contributed by atoms with Gasteiger partial charge in [0.05, 0.1) is 6.26 Å². The minimum absolute atomic E-state index is 0.179. The Balaban J connectivity index is 1.52. The van der Waals surface area contributed by atoms with Crippen LogP contribution in [0.4, 0.5) is 0 Å². The van der Waals surface area contributed by atoms with Gasteiger partial charge < -0.3 is 14.5 Å². The fourth-order valence-corrected chi connectivity index (χ4v) is 3.11. The summed E-state index contributed by atoms with van der Waals surface area (Å²) < 4.78 is 10.1. The van der Waals surface area contributed by atoms with Gasteiger partial charge in [0, 0.05) is 12.5 Å². The number of carbonyl (C=O) groups is 2. The van der Waals surface area contributed by atoms with Gasteiger partial charge in [-0.1, -0.05) is 60.7 Å². The Bertz CT molecular complexity index is 863. The fraction of sp³-hybridized carbons (Fsp3) is 0.217. The van der Waals surface area contributed by atoms with E-state index < -0.39 is 5.97 Å². The third-order valence-corrected chi connectivity index (χ3v) is 4.57. The number of hydrogen-bond acceptors (Lipinski definition) is 4. The van der Waals surface area contributed by atoms with Crippen LogP contribution in [0.2, 0.25) is 0 Å². The molecule has 28 heavy (non-hydrogen) atoms. The van der Waals surface area contributed by atoms with E-state index in [1.54, 1.807) is 6.92 Å². The highest BCUT2D eigenvalue weighted by atomic mass is 16.5. The van der Waals surface area contributed by atoms with Gasteiger partial charge in [-0.05, 0) is 30.5 Å². The Morgan fingerprint density at radius 3 is 2.11 bits per heavy atom. The standard InChI is InChI=1S/C23H23NO4/c1-17-20(13-15-27-17)23(26)28-16-22(25)24-14-12-21(18-8-4-2-5-9-18)19-10-6-3-7-11-19/h2-11,13,15,21H,12,14,16H2,1H3,(H,24,25). The Labute approximate surface area is 164 Å². The highest BCUT2D eigenvalue weighted by molar-refractivity contribution is 5.92. The number of hydrogen-bond donors (Lipinski definition) is 1. The molecular formula is C23H23NO4. The van der Waals surface area contributed by atoms with E-state index in [1.807, 2.05) is 36.4 Å². The summed E-state index contributed by atoms with van der Waals surface area (Å²) >= 11 is 0. The van der Waals surface area contributed by atoms with Gasteiger partial charge in [0.1, 0.15) is 11.3 Å². The molecule has 0 saturated heterocycles. The van der Waals surface area contributed by atoms with Crippen LogP contribution in [0.15, 0.2) is 77.4 Å². The first-order valence-electron chi connectivity index (χ1n) is 9.23. The van der Waals surface area contributed by atoms with E-state index in [4.69, 9.17) is 9.15 Å². The first-order chi connectivity index (χ1) is 13.6. The molecule has 2 aromatic carbocycles. The maximum Gasteiger partial charge on any atom is 0.342 e. The largest absolute Gasteiger partial charge is 0.469 e. The van der Waals surface area contributed by atoms with Crippen LogP contribution in [0.3, 0.4) is 0 Å². The number of benzene rings is 2. The van der Waals surface area contributed by atoms with Crippen LogP contribution in [0.1, 0.15) is 39.6 Å². The molecule has 1 amide bonds. The van der Waals surface area contributed by atoms with Crippen molar-refractivity contribution in [3.63, 3.8) is 0 Å². The van der Waals surface area contributed by atoms with Gasteiger partial charge >= 0.3 is 5.97 Å². The smallest absolute Gasteiger partial charge is 0.342 e. The van der Waals surface area contributed by atoms with Gasteiger partial charge in [0.25, 0.3) is 5.91 Å². The first-order valence-corrected chi connectivity index (χ1v) is 9.23. The first kappa shape index (κ1) is 19.4. The van der Waals surface area contributed by atoms with E-state index in [0.29, 0.717) is 17.9 Å². The summed E-state index contributed by atoms with van der Waals surface area (Å²) in [6, 6.07) is 21.9. The van der Waals surface area contributed by atoms with Gasteiger partial charge in [-0.2, -0.15) is 0 Å². The van der Waals surface area contributed by atoms with Crippen molar-refractivity contribution in [2.24, 2.45) is 0 Å². The number of furan rings is 1. The van der Waals surface area contributed by atoms with Gasteiger partial charge in [0.15, 0.2) is 6.61 Å². The zero-order valence-corrected chi connectivity index (χ0v) is 15.8. The van der Waals surface area contributed by atoms with E-state index in [9.17, 15) is 9.59 Å². The molecule has 0 atom stereocenters. The molecule has 144 valence electrons. The highest BCUT2D eigenvalue weighted by Crippen LogP contribution is 2.27. The summed E-state index contributed by atoms with van der Waals surface area (Å²) in [7, 11) is 0. The van der Waals surface area contributed by atoms with Crippen molar-refractivity contribution in [1.29, 1.82) is 0 Å². The predicted molar refractivity (Wildman–Crippen MR) is 106 cm³/mol. The minimum Gasteiger partial charge on any atom is -0.469 e. The van der Waals surface area contributed by atoms with Crippen LogP contribution in [-0.4, -0.2) is 25.0 Å². The number of ether oxygens (including phenoxy) is 1. The molecule has 5 heteroatoms. The Kier molecular flexibility index (Phi) is 6.63. The van der Waals surface area contributed by atoms with Crippen LogP contribution >= 0.6 is 0 Å². The second-order valence-electron chi connectivity index (χ2n) is 6.48. The molecule has 0 radical (unpaired) electrons. The molecule has 0 spiro atoms. The van der Waals surface area contributed by atoms with Crippen LogP contribution in [0.5, 0.6) is 0 Å². The van der Waals surface area contributed by atoms with E-state index in [0.717, 1.165) is 6.42 Å². The molecule has 3 aromatic rings. The van der Waals surface area contributed by atoms with Gasteiger partial charge in [-0.25, -0.2) is 4.79 Å². The van der Waals surface area contributed by atoms with Gasteiger partial charge in [-0.15, -0.1) is 0 Å². The molecule has 3 rings (SSSR count). The summed E-state index contributed by atoms with van der Waals surface area (Å²) in [5.74, 6) is -0.236. The molecule has 5 nitrogen and oxygen atoms in total. The molecule has 0 bridgehead atoms. The molecule has 0 unspecified atom stereocenters. The van der Waals surface area contributed by atoms with Crippen molar-refractivity contribution in [3.05, 3.63) is 95.4 Å². The number of carbonyl (C=O) groups excluding carboxylic acids is 2. The maximum atomic E-state index is 12.0. The van der Waals surface area contributed by atoms with Crippen molar-refractivity contribution < 1.29 is 18.7 Å². The topological polar surface area (TPSA) is 68.5 Å². The zero-order chi connectivity index (χ0) is 19.8. The number of esters is 1. The number of amides is 1. The quantitative estimate of drug-likeness (QED) is 0.601. The molecule has 0 aliphatic heterocycles. The average Bonchev–Trinajstić information content (AvgIpc) is 3.17. The number of aryl methyl sites for hydroxylation is 1. The number of rotatable bonds is 8. The van der Waals surface area contributed by atoms with Crippen molar-refractivity contribution in [2.75, 3.05) is 13.2 Å². The van der Waals surface area contributed by atoms with E-state index >= 15 is 0 Å². The van der Waals surface area contributed by atoms with E-state index in [2.05, 4.69) is 29.6 Å². The van der Waals surface area contributed by atoms with Gasteiger partial charge in [-0.3, -0.25) is 4.79 Å². The lowest BCUT2D eigenvalue weighted by Crippen LogP contribution is -2.30. The second kappa shape index (κ2) is 9.55.